The third kappa shape index (κ3) is 10.3. The lowest BCUT2D eigenvalue weighted by molar-refractivity contribution is -0.156. The number of carbonyl (C=O) groups excluding carboxylic acids is 6. The van der Waals surface area contributed by atoms with Crippen molar-refractivity contribution in [3.8, 4) is 35.1 Å². The van der Waals surface area contributed by atoms with Crippen LogP contribution in [0.5, 0.6) is 23.0 Å². The van der Waals surface area contributed by atoms with Crippen LogP contribution in [0.25, 0.3) is 12.2 Å². The van der Waals surface area contributed by atoms with Crippen molar-refractivity contribution in [3.05, 3.63) is 129 Å². The Bertz CT molecular complexity index is 2680. The Balaban J connectivity index is 1.07. The smallest absolute Gasteiger partial charge is 0.349 e. The summed E-state index contributed by atoms with van der Waals surface area (Å²) in [5.74, 6) is -4.35. The van der Waals surface area contributed by atoms with Crippen molar-refractivity contribution in [2.75, 3.05) is 41.7 Å². The van der Waals surface area contributed by atoms with Crippen molar-refractivity contribution in [2.45, 2.75) is 24.0 Å². The van der Waals surface area contributed by atoms with Gasteiger partial charge in [0.2, 0.25) is 0 Å². The fourth-order valence-electron chi connectivity index (χ4n) is 6.52. The highest BCUT2D eigenvalue weighted by Crippen LogP contribution is 2.38. The third-order valence-electron chi connectivity index (χ3n) is 9.91. The van der Waals surface area contributed by atoms with Crippen LogP contribution in [0.2, 0.25) is 0 Å². The molecule has 2 saturated heterocycles. The van der Waals surface area contributed by atoms with Crippen LogP contribution in [0.15, 0.2) is 96.1 Å². The lowest BCUT2D eigenvalue weighted by atomic mass is 10.0. The molecule has 19 nitrogen and oxygen atoms in total. The normalized spacial score (nSPS) is 18.7. The molecule has 0 amide bonds. The molecule has 2 aliphatic rings. The van der Waals surface area contributed by atoms with Crippen LogP contribution in [0.1, 0.15) is 52.6 Å². The number of rotatable bonds is 14. The van der Waals surface area contributed by atoms with Gasteiger partial charge in [-0.3, -0.25) is 5.73 Å². The number of hydrogen-bond acceptors (Lipinski definition) is 19. The molecule has 6 rings (SSSR count). The molecule has 0 radical (unpaired) electrons. The van der Waals surface area contributed by atoms with Gasteiger partial charge in [0.25, 0.3) is 0 Å². The molecule has 332 valence electrons. The van der Waals surface area contributed by atoms with E-state index in [4.69, 9.17) is 43.6 Å². The first-order valence-corrected chi connectivity index (χ1v) is 19.1. The Morgan fingerprint density at radius 3 is 1.43 bits per heavy atom. The van der Waals surface area contributed by atoms with E-state index in [0.717, 1.165) is 0 Å². The second kappa shape index (κ2) is 20.2. The minimum atomic E-state index is -1.82. The zero-order chi connectivity index (χ0) is 46.8. The highest BCUT2D eigenvalue weighted by atomic mass is 16.7. The number of ether oxygens (including phenoxy) is 10. The van der Waals surface area contributed by atoms with E-state index in [2.05, 4.69) is 9.47 Å². The molecule has 0 unspecified atom stereocenters. The lowest BCUT2D eigenvalue weighted by Crippen LogP contribution is -2.56. The fourth-order valence-corrected chi connectivity index (χ4v) is 6.52. The number of nitrogens with two attached hydrogens (primary N) is 1. The predicted octanol–water partition coefficient (Wildman–Crippen LogP) is 4.14. The van der Waals surface area contributed by atoms with Crippen LogP contribution in [0.3, 0.4) is 0 Å². The van der Waals surface area contributed by atoms with Gasteiger partial charge in [-0.05, 0) is 84.9 Å². The summed E-state index contributed by atoms with van der Waals surface area (Å²) in [6.07, 6.45) is -1.19. The first kappa shape index (κ1) is 46.2. The number of hydrogen-bond donors (Lipinski definition) is 1. The van der Waals surface area contributed by atoms with Crippen molar-refractivity contribution < 1.29 is 76.1 Å². The topological polar surface area (TPSA) is 268 Å². The molecule has 4 atom stereocenters. The standard InChI is InChI=1S/C46H37N3O16/c1-56-35-19-33(62-42(52)27-9-5-25(6-10-27)40(50)58-3)15-13-29(35)17-31(21-47)44(54)64-37-23-61-46(49)38(24-60-39(37)46)65-45(55)32(22-48)18-30-14-16-34(20-36(30)57-2)63-43(53)28-11-7-26(8-12-28)41(51)59-4/h5-20,37-39H,23-24,49H2,1-4H3/b31-17+,32-18+/t37-,38+,39-,46-/m1/s1. The minimum Gasteiger partial charge on any atom is -0.496 e. The molecular weight excluding hydrogens is 851 g/mol. The predicted molar refractivity (Wildman–Crippen MR) is 221 cm³/mol. The van der Waals surface area contributed by atoms with Gasteiger partial charge in [-0.2, -0.15) is 10.5 Å². The average Bonchev–Trinajstić information content (AvgIpc) is 3.82. The van der Waals surface area contributed by atoms with Gasteiger partial charge in [-0.25, -0.2) is 28.8 Å². The highest BCUT2D eigenvalue weighted by Gasteiger charge is 2.61. The number of nitriles is 2. The zero-order valence-electron chi connectivity index (χ0n) is 34.9. The summed E-state index contributed by atoms with van der Waals surface area (Å²) in [6.45, 7) is -0.606. The van der Waals surface area contributed by atoms with E-state index in [0.29, 0.717) is 0 Å². The van der Waals surface area contributed by atoms with Crippen molar-refractivity contribution >= 4 is 48.0 Å². The zero-order valence-corrected chi connectivity index (χ0v) is 34.9. The summed E-state index contributed by atoms with van der Waals surface area (Å²) < 4.78 is 53.7. The lowest BCUT2D eigenvalue weighted by Gasteiger charge is -2.27. The van der Waals surface area contributed by atoms with Crippen LogP contribution >= 0.6 is 0 Å². The van der Waals surface area contributed by atoms with Crippen LogP contribution in [0, 0.1) is 22.7 Å². The van der Waals surface area contributed by atoms with Gasteiger partial charge in [0.15, 0.2) is 17.9 Å². The van der Waals surface area contributed by atoms with Crippen molar-refractivity contribution in [1.82, 2.24) is 0 Å². The molecule has 0 spiro atoms. The van der Waals surface area contributed by atoms with Crippen molar-refractivity contribution in [2.24, 2.45) is 5.73 Å². The first-order chi connectivity index (χ1) is 31.2. The van der Waals surface area contributed by atoms with Gasteiger partial charge < -0.3 is 47.4 Å². The molecule has 2 heterocycles. The fraction of sp³-hybridized carbons (Fsp3) is 0.217. The van der Waals surface area contributed by atoms with Crippen molar-refractivity contribution in [3.63, 3.8) is 0 Å². The quantitative estimate of drug-likeness (QED) is 0.0613. The molecule has 19 heteroatoms. The summed E-state index contributed by atoms with van der Waals surface area (Å²) in [6, 6.07) is 23.2. The van der Waals surface area contributed by atoms with Gasteiger partial charge in [-0.1, -0.05) is 0 Å². The number of nitrogens with zero attached hydrogens (tertiary/aromatic N) is 2. The van der Waals surface area contributed by atoms with Gasteiger partial charge >= 0.3 is 35.8 Å². The monoisotopic (exact) mass is 887 g/mol. The number of carbonyl (C=O) groups is 6. The number of fused-ring (bicyclic) bond motifs is 1. The Kier molecular flexibility index (Phi) is 14.4. The molecule has 4 aromatic rings. The number of esters is 6. The van der Waals surface area contributed by atoms with E-state index >= 15 is 0 Å². The first-order valence-electron chi connectivity index (χ1n) is 19.1. The third-order valence-corrected chi connectivity index (χ3v) is 9.91. The largest absolute Gasteiger partial charge is 0.496 e. The molecule has 2 fully saturated rings. The molecular formula is C46H37N3O16. The van der Waals surface area contributed by atoms with E-state index in [1.54, 1.807) is 12.1 Å². The Labute approximate surface area is 369 Å². The SMILES string of the molecule is COC(=O)c1ccc(C(=O)Oc2ccc(/C=C(\C#N)C(=O)O[C@H]3CO[C@@H]4[C@H](OC(=O)/C(C#N)=C/c5ccc(OC(=O)c6ccc(C(=O)OC)cc6)cc5OC)CO[C@]34N)c(OC)c2)cc1. The molecule has 2 N–H and O–H groups in total. The van der Waals surface area contributed by atoms with Crippen LogP contribution in [-0.4, -0.2) is 102 Å². The van der Waals surface area contributed by atoms with Gasteiger partial charge in [0.05, 0.1) is 63.9 Å². The molecule has 0 saturated carbocycles. The number of benzene rings is 4. The van der Waals surface area contributed by atoms with Gasteiger partial charge in [0, 0.05) is 23.3 Å². The molecule has 65 heavy (non-hydrogen) atoms. The molecule has 0 aromatic heterocycles. The maximum Gasteiger partial charge on any atom is 0.349 e. The highest BCUT2D eigenvalue weighted by molar-refractivity contribution is 6.00. The van der Waals surface area contributed by atoms with E-state index in [1.807, 2.05) is 0 Å². The Hall–Kier alpha value is -8.36. The molecule has 0 bridgehead atoms. The van der Waals surface area contributed by atoms with Crippen LogP contribution in [0.4, 0.5) is 0 Å². The molecule has 4 aromatic carbocycles. The Morgan fingerprint density at radius 2 is 1.03 bits per heavy atom. The summed E-state index contributed by atoms with van der Waals surface area (Å²) in [5.41, 5.74) is 5.07. The van der Waals surface area contributed by atoms with E-state index in [-0.39, 0.29) is 69.6 Å². The van der Waals surface area contributed by atoms with E-state index < -0.39 is 71.0 Å². The average molecular weight is 888 g/mol. The summed E-state index contributed by atoms with van der Waals surface area (Å²) in [4.78, 5) is 75.5. The van der Waals surface area contributed by atoms with Crippen molar-refractivity contribution in [1.29, 1.82) is 10.5 Å². The van der Waals surface area contributed by atoms with Crippen LogP contribution in [-0.2, 0) is 38.0 Å². The second-order valence-electron chi connectivity index (χ2n) is 13.8. The summed E-state index contributed by atoms with van der Waals surface area (Å²) in [5, 5.41) is 19.8. The maximum absolute atomic E-state index is 13.3. The Morgan fingerprint density at radius 1 is 0.615 bits per heavy atom. The summed E-state index contributed by atoms with van der Waals surface area (Å²) in [7, 11) is 5.12. The number of methoxy groups -OCH3 is 4. The second-order valence-corrected chi connectivity index (χ2v) is 13.8. The van der Waals surface area contributed by atoms with Gasteiger partial charge in [0.1, 0.15) is 52.4 Å². The van der Waals surface area contributed by atoms with E-state index in [1.165, 1.54) is 126 Å². The van der Waals surface area contributed by atoms with E-state index in [9.17, 15) is 39.3 Å². The van der Waals surface area contributed by atoms with Crippen LogP contribution < -0.4 is 24.7 Å². The minimum absolute atomic E-state index is 0.0741. The van der Waals surface area contributed by atoms with Gasteiger partial charge in [-0.15, -0.1) is 0 Å². The molecule has 0 aliphatic carbocycles. The summed E-state index contributed by atoms with van der Waals surface area (Å²) >= 11 is 0. The maximum atomic E-state index is 13.3. The molecule has 2 aliphatic heterocycles.